The van der Waals surface area contributed by atoms with Crippen LogP contribution in [-0.4, -0.2) is 5.91 Å². The van der Waals surface area contributed by atoms with Crippen LogP contribution in [0.2, 0.25) is 5.02 Å². The van der Waals surface area contributed by atoms with Crippen LogP contribution < -0.4 is 11.1 Å². The summed E-state index contributed by atoms with van der Waals surface area (Å²) in [5.74, 6) is -1.08. The molecule has 0 unspecified atom stereocenters. The second-order valence-electron chi connectivity index (χ2n) is 3.96. The lowest BCUT2D eigenvalue weighted by Crippen LogP contribution is -2.14. The van der Waals surface area contributed by atoms with Crippen molar-refractivity contribution in [2.75, 3.05) is 11.1 Å². The van der Waals surface area contributed by atoms with Crippen LogP contribution in [0.1, 0.15) is 15.9 Å². The van der Waals surface area contributed by atoms with E-state index in [1.54, 1.807) is 18.2 Å². The first-order valence-electron chi connectivity index (χ1n) is 5.58. The van der Waals surface area contributed by atoms with E-state index in [4.69, 9.17) is 22.6 Å². The van der Waals surface area contributed by atoms with E-state index in [-0.39, 0.29) is 27.5 Å². The molecule has 0 bridgehead atoms. The molecule has 100 valence electrons. The number of benzene rings is 2. The van der Waals surface area contributed by atoms with E-state index < -0.39 is 11.7 Å². The average Bonchev–Trinajstić information content (AvgIpc) is 2.43. The summed E-state index contributed by atoms with van der Waals surface area (Å²) in [5, 5.41) is 11.5. The van der Waals surface area contributed by atoms with Crippen molar-refractivity contribution in [3.63, 3.8) is 0 Å². The third kappa shape index (κ3) is 2.71. The Kier molecular flexibility index (Phi) is 3.87. The highest BCUT2D eigenvalue weighted by molar-refractivity contribution is 6.36. The van der Waals surface area contributed by atoms with Crippen LogP contribution in [0.4, 0.5) is 15.8 Å². The average molecular weight is 290 g/mol. The number of anilines is 2. The van der Waals surface area contributed by atoms with Gasteiger partial charge in [0.15, 0.2) is 0 Å². The summed E-state index contributed by atoms with van der Waals surface area (Å²) < 4.78 is 13.0. The van der Waals surface area contributed by atoms with Crippen LogP contribution >= 0.6 is 11.6 Å². The molecule has 0 fully saturated rings. The normalized spacial score (nSPS) is 9.85. The third-order valence-electron chi connectivity index (χ3n) is 2.62. The Morgan fingerprint density at radius 1 is 1.35 bits per heavy atom. The van der Waals surface area contributed by atoms with Crippen LogP contribution in [-0.2, 0) is 0 Å². The molecule has 0 heterocycles. The van der Waals surface area contributed by atoms with E-state index in [2.05, 4.69) is 5.32 Å². The van der Waals surface area contributed by atoms with Crippen LogP contribution in [0.5, 0.6) is 0 Å². The van der Waals surface area contributed by atoms with Gasteiger partial charge in [-0.3, -0.25) is 4.79 Å². The number of hydrogen-bond donors (Lipinski definition) is 2. The van der Waals surface area contributed by atoms with Crippen molar-refractivity contribution in [1.29, 1.82) is 5.26 Å². The van der Waals surface area contributed by atoms with E-state index in [0.29, 0.717) is 0 Å². The lowest BCUT2D eigenvalue weighted by Gasteiger charge is -2.09. The van der Waals surface area contributed by atoms with Crippen molar-refractivity contribution in [1.82, 2.24) is 0 Å². The Hall–Kier alpha value is -2.58. The van der Waals surface area contributed by atoms with Crippen molar-refractivity contribution in [3.05, 3.63) is 58.4 Å². The molecule has 0 aromatic heterocycles. The lowest BCUT2D eigenvalue weighted by atomic mass is 10.1. The number of nitrogens with one attached hydrogen (secondary N) is 1. The Labute approximate surface area is 119 Å². The smallest absolute Gasteiger partial charge is 0.257 e. The molecule has 3 N–H and O–H groups in total. The number of nitrogen functional groups attached to an aromatic ring is 1. The number of nitriles is 1. The molecule has 2 aromatic rings. The fourth-order valence-corrected chi connectivity index (χ4v) is 1.84. The minimum absolute atomic E-state index is 0.0263. The highest BCUT2D eigenvalue weighted by Gasteiger charge is 2.14. The fraction of sp³-hybridized carbons (Fsp3) is 0. The number of nitrogens with two attached hydrogens (primary N) is 1. The summed E-state index contributed by atoms with van der Waals surface area (Å²) in [7, 11) is 0. The van der Waals surface area contributed by atoms with Crippen LogP contribution in [0.3, 0.4) is 0 Å². The first-order valence-corrected chi connectivity index (χ1v) is 5.95. The van der Waals surface area contributed by atoms with Crippen LogP contribution in [0.25, 0.3) is 0 Å². The van der Waals surface area contributed by atoms with Crippen molar-refractivity contribution in [2.45, 2.75) is 0 Å². The molecular weight excluding hydrogens is 281 g/mol. The molecule has 0 atom stereocenters. The Balaban J connectivity index is 2.33. The topological polar surface area (TPSA) is 78.9 Å². The number of nitrogens with zero attached hydrogens (tertiary/aromatic N) is 1. The zero-order valence-electron chi connectivity index (χ0n) is 10.2. The monoisotopic (exact) mass is 289 g/mol. The van der Waals surface area contributed by atoms with Gasteiger partial charge >= 0.3 is 0 Å². The van der Waals surface area contributed by atoms with Crippen molar-refractivity contribution in [2.24, 2.45) is 0 Å². The van der Waals surface area contributed by atoms with Gasteiger partial charge in [0.25, 0.3) is 5.91 Å². The van der Waals surface area contributed by atoms with E-state index in [1.165, 1.54) is 12.1 Å². The number of carbonyl (C=O) groups is 1. The largest absolute Gasteiger partial charge is 0.398 e. The number of halogens is 2. The highest BCUT2D eigenvalue weighted by atomic mass is 35.5. The molecular formula is C14H9ClFN3O. The van der Waals surface area contributed by atoms with Gasteiger partial charge in [0.05, 0.1) is 27.5 Å². The Morgan fingerprint density at radius 2 is 2.10 bits per heavy atom. The summed E-state index contributed by atoms with van der Waals surface area (Å²) in [4.78, 5) is 12.1. The molecule has 0 saturated carbocycles. The van der Waals surface area contributed by atoms with Crippen molar-refractivity contribution in [3.8, 4) is 6.07 Å². The quantitative estimate of drug-likeness (QED) is 0.833. The van der Waals surface area contributed by atoms with Gasteiger partial charge in [-0.05, 0) is 30.3 Å². The number of carbonyl (C=O) groups excluding carboxylic acids is 1. The molecule has 0 aliphatic rings. The first kappa shape index (κ1) is 13.8. The second-order valence-corrected chi connectivity index (χ2v) is 4.34. The summed E-state index contributed by atoms with van der Waals surface area (Å²) >= 11 is 5.94. The third-order valence-corrected chi connectivity index (χ3v) is 3.05. The predicted octanol–water partition coefficient (Wildman–Crippen LogP) is 3.19. The van der Waals surface area contributed by atoms with Crippen molar-refractivity contribution < 1.29 is 9.18 Å². The molecule has 1 amide bonds. The SMILES string of the molecule is N#Cc1cc(F)ccc1NC(=O)c1cccc(N)c1Cl. The Bertz CT molecular complexity index is 725. The minimum atomic E-state index is -0.554. The second kappa shape index (κ2) is 5.59. The van der Waals surface area contributed by atoms with E-state index in [9.17, 15) is 9.18 Å². The van der Waals surface area contributed by atoms with Crippen LogP contribution in [0.15, 0.2) is 36.4 Å². The molecule has 0 aliphatic heterocycles. The van der Waals surface area contributed by atoms with Gasteiger partial charge < -0.3 is 11.1 Å². The minimum Gasteiger partial charge on any atom is -0.398 e. The molecule has 4 nitrogen and oxygen atoms in total. The maximum Gasteiger partial charge on any atom is 0.257 e. The molecule has 6 heteroatoms. The van der Waals surface area contributed by atoms with Crippen LogP contribution in [0, 0.1) is 17.1 Å². The zero-order valence-corrected chi connectivity index (χ0v) is 10.9. The van der Waals surface area contributed by atoms with E-state index >= 15 is 0 Å². The Morgan fingerprint density at radius 3 is 2.80 bits per heavy atom. The van der Waals surface area contributed by atoms with Gasteiger partial charge in [0.1, 0.15) is 11.9 Å². The molecule has 0 aliphatic carbocycles. The summed E-state index contributed by atoms with van der Waals surface area (Å²) in [6, 6.07) is 9.97. The van der Waals surface area contributed by atoms with Gasteiger partial charge in [-0.15, -0.1) is 0 Å². The lowest BCUT2D eigenvalue weighted by molar-refractivity contribution is 0.102. The summed E-state index contributed by atoms with van der Waals surface area (Å²) in [6.07, 6.45) is 0. The van der Waals surface area contributed by atoms with Crippen molar-refractivity contribution >= 4 is 28.9 Å². The molecule has 0 spiro atoms. The maximum absolute atomic E-state index is 13.0. The number of rotatable bonds is 2. The molecule has 2 aromatic carbocycles. The summed E-state index contributed by atoms with van der Waals surface area (Å²) in [5.41, 5.74) is 6.30. The van der Waals surface area contributed by atoms with Gasteiger partial charge in [-0.2, -0.15) is 5.26 Å². The maximum atomic E-state index is 13.0. The standard InChI is InChI=1S/C14H9ClFN3O/c15-13-10(2-1-3-11(13)18)14(20)19-12-5-4-9(16)6-8(12)7-17/h1-6H,18H2,(H,19,20). The first-order chi connectivity index (χ1) is 9.52. The number of hydrogen-bond acceptors (Lipinski definition) is 3. The van der Waals surface area contributed by atoms with Gasteiger partial charge in [0.2, 0.25) is 0 Å². The molecule has 0 saturated heterocycles. The molecule has 0 radical (unpaired) electrons. The van der Waals surface area contributed by atoms with Gasteiger partial charge in [-0.25, -0.2) is 4.39 Å². The molecule has 2 rings (SSSR count). The fourth-order valence-electron chi connectivity index (χ4n) is 1.63. The van der Waals surface area contributed by atoms with E-state index in [0.717, 1.165) is 12.1 Å². The van der Waals surface area contributed by atoms with Gasteiger partial charge in [-0.1, -0.05) is 17.7 Å². The number of amides is 1. The molecule has 20 heavy (non-hydrogen) atoms. The predicted molar refractivity (Wildman–Crippen MR) is 74.9 cm³/mol. The van der Waals surface area contributed by atoms with E-state index in [1.807, 2.05) is 0 Å². The van der Waals surface area contributed by atoms with Gasteiger partial charge in [0, 0.05) is 0 Å². The zero-order chi connectivity index (χ0) is 14.7. The highest BCUT2D eigenvalue weighted by Crippen LogP contribution is 2.24. The summed E-state index contributed by atoms with van der Waals surface area (Å²) in [6.45, 7) is 0.